The van der Waals surface area contributed by atoms with Crippen molar-refractivity contribution in [3.63, 3.8) is 0 Å². The molecular formula is C15H23BrN2. The molecule has 0 aliphatic carbocycles. The summed E-state index contributed by atoms with van der Waals surface area (Å²) in [6, 6.07) is 4.20. The first-order chi connectivity index (χ1) is 8.65. The minimum absolute atomic E-state index is 0.829. The smallest absolute Gasteiger partial charge is 0.0544 e. The van der Waals surface area contributed by atoms with Gasteiger partial charge in [0.15, 0.2) is 0 Å². The molecule has 0 spiro atoms. The van der Waals surface area contributed by atoms with Crippen molar-refractivity contribution >= 4 is 15.9 Å². The Bertz CT molecular complexity index is 361. The number of aromatic nitrogens is 1. The van der Waals surface area contributed by atoms with Crippen LogP contribution in [0.5, 0.6) is 0 Å². The molecule has 0 bridgehead atoms. The fourth-order valence-electron chi connectivity index (χ4n) is 2.74. The zero-order valence-corrected chi connectivity index (χ0v) is 13.0. The van der Waals surface area contributed by atoms with Crippen molar-refractivity contribution in [2.24, 2.45) is 11.8 Å². The van der Waals surface area contributed by atoms with Crippen LogP contribution >= 0.6 is 15.9 Å². The van der Waals surface area contributed by atoms with Crippen LogP contribution in [-0.4, -0.2) is 23.0 Å². The third kappa shape index (κ3) is 4.06. The first-order valence-corrected chi connectivity index (χ1v) is 7.77. The summed E-state index contributed by atoms with van der Waals surface area (Å²) >= 11 is 3.43. The molecule has 0 aromatic carbocycles. The summed E-state index contributed by atoms with van der Waals surface area (Å²) in [5.41, 5.74) is 1.18. The van der Waals surface area contributed by atoms with Crippen molar-refractivity contribution in [1.29, 1.82) is 0 Å². The van der Waals surface area contributed by atoms with E-state index in [9.17, 15) is 0 Å². The first kappa shape index (κ1) is 14.0. The van der Waals surface area contributed by atoms with E-state index in [4.69, 9.17) is 0 Å². The van der Waals surface area contributed by atoms with Gasteiger partial charge in [-0.25, -0.2) is 0 Å². The number of pyridine rings is 1. The fourth-order valence-corrected chi connectivity index (χ4v) is 2.97. The summed E-state index contributed by atoms with van der Waals surface area (Å²) in [6.45, 7) is 8.16. The predicted octanol–water partition coefficient (Wildman–Crippen LogP) is 4.10. The van der Waals surface area contributed by atoms with Crippen LogP contribution in [0.1, 0.15) is 38.8 Å². The highest BCUT2D eigenvalue weighted by Crippen LogP contribution is 2.25. The second kappa shape index (κ2) is 6.67. The van der Waals surface area contributed by atoms with Crippen molar-refractivity contribution < 1.29 is 0 Å². The maximum atomic E-state index is 4.47. The van der Waals surface area contributed by atoms with Crippen molar-refractivity contribution in [3.8, 4) is 0 Å². The lowest BCUT2D eigenvalue weighted by Gasteiger charge is -2.20. The van der Waals surface area contributed by atoms with Gasteiger partial charge in [-0.2, -0.15) is 0 Å². The predicted molar refractivity (Wildman–Crippen MR) is 79.4 cm³/mol. The number of likely N-dealkylation sites (tertiary alicyclic amines) is 1. The highest BCUT2D eigenvalue weighted by Gasteiger charge is 2.19. The summed E-state index contributed by atoms with van der Waals surface area (Å²) in [5, 5.41) is 0. The first-order valence-electron chi connectivity index (χ1n) is 6.98. The fraction of sp³-hybridized carbons (Fsp3) is 0.667. The van der Waals surface area contributed by atoms with E-state index in [1.54, 1.807) is 0 Å². The van der Waals surface area contributed by atoms with Crippen molar-refractivity contribution in [3.05, 3.63) is 28.5 Å². The third-order valence-electron chi connectivity index (χ3n) is 3.98. The number of hydrogen-bond acceptors (Lipinski definition) is 2. The number of nitrogens with zero attached hydrogens (tertiary/aromatic N) is 2. The molecule has 100 valence electrons. The van der Waals surface area contributed by atoms with Crippen LogP contribution in [0.15, 0.2) is 22.8 Å². The molecule has 0 saturated carbocycles. The van der Waals surface area contributed by atoms with Crippen LogP contribution in [0.25, 0.3) is 0 Å². The maximum Gasteiger partial charge on any atom is 0.0544 e. The van der Waals surface area contributed by atoms with Gasteiger partial charge in [-0.3, -0.25) is 9.88 Å². The number of rotatable bonds is 3. The normalized spacial score (nSPS) is 22.1. The van der Waals surface area contributed by atoms with Gasteiger partial charge >= 0.3 is 0 Å². The molecule has 1 aliphatic rings. The number of halogens is 1. The topological polar surface area (TPSA) is 16.1 Å². The highest BCUT2D eigenvalue weighted by atomic mass is 79.9. The molecule has 1 aromatic rings. The molecular weight excluding hydrogens is 288 g/mol. The van der Waals surface area contributed by atoms with Gasteiger partial charge in [0.2, 0.25) is 0 Å². The SMILES string of the molecule is CC(C)C1CCCN(Cc2ccc(Br)cn2)CC1. The molecule has 0 N–H and O–H groups in total. The van der Waals surface area contributed by atoms with Crippen LogP contribution in [0.4, 0.5) is 0 Å². The van der Waals surface area contributed by atoms with Crippen LogP contribution in [0.3, 0.4) is 0 Å². The van der Waals surface area contributed by atoms with E-state index in [0.29, 0.717) is 0 Å². The summed E-state index contributed by atoms with van der Waals surface area (Å²) in [7, 11) is 0. The van der Waals surface area contributed by atoms with Crippen molar-refractivity contribution in [2.75, 3.05) is 13.1 Å². The summed E-state index contributed by atoms with van der Waals surface area (Å²) in [4.78, 5) is 7.02. The zero-order chi connectivity index (χ0) is 13.0. The van der Waals surface area contributed by atoms with E-state index in [2.05, 4.69) is 51.8 Å². The van der Waals surface area contributed by atoms with E-state index >= 15 is 0 Å². The quantitative estimate of drug-likeness (QED) is 0.835. The largest absolute Gasteiger partial charge is 0.298 e. The molecule has 1 unspecified atom stereocenters. The van der Waals surface area contributed by atoms with Crippen molar-refractivity contribution in [2.45, 2.75) is 39.7 Å². The van der Waals surface area contributed by atoms with Crippen LogP contribution in [-0.2, 0) is 6.54 Å². The molecule has 2 rings (SSSR count). The highest BCUT2D eigenvalue weighted by molar-refractivity contribution is 9.10. The lowest BCUT2D eigenvalue weighted by atomic mass is 9.89. The molecule has 1 aliphatic heterocycles. The van der Waals surface area contributed by atoms with Gasteiger partial charge in [-0.15, -0.1) is 0 Å². The molecule has 1 aromatic heterocycles. The molecule has 1 saturated heterocycles. The second-order valence-electron chi connectivity index (χ2n) is 5.68. The molecule has 1 atom stereocenters. The summed E-state index contributed by atoms with van der Waals surface area (Å²) in [6.07, 6.45) is 5.96. The Balaban J connectivity index is 1.88. The third-order valence-corrected chi connectivity index (χ3v) is 4.45. The second-order valence-corrected chi connectivity index (χ2v) is 6.59. The molecule has 2 heterocycles. The Morgan fingerprint density at radius 2 is 2.17 bits per heavy atom. The molecule has 0 amide bonds. The van der Waals surface area contributed by atoms with E-state index < -0.39 is 0 Å². The molecule has 18 heavy (non-hydrogen) atoms. The molecule has 3 heteroatoms. The van der Waals surface area contributed by atoms with Gasteiger partial charge < -0.3 is 0 Å². The van der Waals surface area contributed by atoms with Gasteiger partial charge in [0.1, 0.15) is 0 Å². The monoisotopic (exact) mass is 310 g/mol. The van der Waals surface area contributed by atoms with Gasteiger partial charge in [0, 0.05) is 17.2 Å². The number of hydrogen-bond donors (Lipinski definition) is 0. The Kier molecular flexibility index (Phi) is 5.19. The lowest BCUT2D eigenvalue weighted by molar-refractivity contribution is 0.262. The Hall–Kier alpha value is -0.410. The van der Waals surface area contributed by atoms with Crippen LogP contribution in [0, 0.1) is 11.8 Å². The van der Waals surface area contributed by atoms with Crippen LogP contribution < -0.4 is 0 Å². The average Bonchev–Trinajstić information content (AvgIpc) is 2.58. The minimum Gasteiger partial charge on any atom is -0.298 e. The maximum absolute atomic E-state index is 4.47. The minimum atomic E-state index is 0.829. The van der Waals surface area contributed by atoms with E-state index in [1.807, 2.05) is 6.20 Å². The van der Waals surface area contributed by atoms with Gasteiger partial charge in [0.25, 0.3) is 0 Å². The standard InChI is InChI=1S/C15H23BrN2/c1-12(2)13-4-3-8-18(9-7-13)11-15-6-5-14(16)10-17-15/h5-6,10,12-13H,3-4,7-9,11H2,1-2H3. The summed E-state index contributed by atoms with van der Waals surface area (Å²) in [5.74, 6) is 1.74. The van der Waals surface area contributed by atoms with E-state index in [0.717, 1.165) is 22.9 Å². The molecule has 0 radical (unpaired) electrons. The van der Waals surface area contributed by atoms with Gasteiger partial charge in [-0.05, 0) is 72.3 Å². The summed E-state index contributed by atoms with van der Waals surface area (Å²) < 4.78 is 1.06. The van der Waals surface area contributed by atoms with E-state index in [1.165, 1.54) is 38.0 Å². The molecule has 1 fully saturated rings. The van der Waals surface area contributed by atoms with Crippen molar-refractivity contribution in [1.82, 2.24) is 9.88 Å². The Labute approximate surface area is 119 Å². The Morgan fingerprint density at radius 1 is 1.33 bits per heavy atom. The Morgan fingerprint density at radius 3 is 2.83 bits per heavy atom. The van der Waals surface area contributed by atoms with Gasteiger partial charge in [-0.1, -0.05) is 13.8 Å². The van der Waals surface area contributed by atoms with Gasteiger partial charge in [0.05, 0.1) is 5.69 Å². The average molecular weight is 311 g/mol. The zero-order valence-electron chi connectivity index (χ0n) is 11.4. The van der Waals surface area contributed by atoms with E-state index in [-0.39, 0.29) is 0 Å². The molecule has 2 nitrogen and oxygen atoms in total. The lowest BCUT2D eigenvalue weighted by Crippen LogP contribution is -2.25. The van der Waals surface area contributed by atoms with Crippen LogP contribution in [0.2, 0.25) is 0 Å².